The van der Waals surface area contributed by atoms with E-state index in [4.69, 9.17) is 5.73 Å². The van der Waals surface area contributed by atoms with Gasteiger partial charge in [0.25, 0.3) is 0 Å². The summed E-state index contributed by atoms with van der Waals surface area (Å²) < 4.78 is 27.7. The van der Waals surface area contributed by atoms with E-state index in [1.807, 2.05) is 0 Å². The molecule has 1 saturated carbocycles. The topological polar surface area (TPSA) is 90.0 Å². The Labute approximate surface area is 101 Å². The van der Waals surface area contributed by atoms with E-state index in [2.05, 4.69) is 9.82 Å². The van der Waals surface area contributed by atoms with Gasteiger partial charge in [-0.2, -0.15) is 5.10 Å². The number of nitrogens with two attached hydrogens (primary N) is 1. The quantitative estimate of drug-likeness (QED) is 0.726. The van der Waals surface area contributed by atoms with Crippen molar-refractivity contribution in [3.8, 4) is 0 Å². The molecule has 2 rings (SSSR count). The molecule has 0 saturated heterocycles. The highest BCUT2D eigenvalue weighted by Crippen LogP contribution is 2.33. The molecule has 7 heteroatoms. The van der Waals surface area contributed by atoms with E-state index in [0.717, 1.165) is 18.8 Å². The minimum Gasteiger partial charge on any atom is -0.381 e. The van der Waals surface area contributed by atoms with Crippen molar-refractivity contribution in [2.75, 3.05) is 12.3 Å². The van der Waals surface area contributed by atoms with Crippen LogP contribution in [-0.4, -0.2) is 24.7 Å². The molecular weight excluding hydrogens is 240 g/mol. The Morgan fingerprint density at radius 1 is 1.59 bits per heavy atom. The van der Waals surface area contributed by atoms with Gasteiger partial charge in [0.15, 0.2) is 5.82 Å². The number of hydrogen-bond acceptors (Lipinski definition) is 4. The van der Waals surface area contributed by atoms with Gasteiger partial charge >= 0.3 is 0 Å². The standard InChI is InChI=1S/C10H18N4O2S/c1-14-7-9(10(11)13-14)17(15,16)12-6-2-3-8-4-5-8/h7-8,12H,2-6H2,1H3,(H2,11,13). The molecule has 0 unspecified atom stereocenters. The second-order valence-corrected chi connectivity index (χ2v) is 6.27. The van der Waals surface area contributed by atoms with Gasteiger partial charge in [-0.15, -0.1) is 0 Å². The van der Waals surface area contributed by atoms with E-state index in [1.54, 1.807) is 7.05 Å². The largest absolute Gasteiger partial charge is 0.381 e. The maximum atomic E-state index is 11.9. The zero-order chi connectivity index (χ0) is 12.5. The van der Waals surface area contributed by atoms with Gasteiger partial charge < -0.3 is 5.73 Å². The minimum atomic E-state index is -3.51. The Hall–Kier alpha value is -1.08. The van der Waals surface area contributed by atoms with Crippen LogP contribution in [0.2, 0.25) is 0 Å². The summed E-state index contributed by atoms with van der Waals surface area (Å²) in [6.45, 7) is 0.465. The molecule has 0 bridgehead atoms. The fraction of sp³-hybridized carbons (Fsp3) is 0.700. The van der Waals surface area contributed by atoms with Gasteiger partial charge in [0.2, 0.25) is 10.0 Å². The van der Waals surface area contributed by atoms with Crippen molar-refractivity contribution < 1.29 is 8.42 Å². The Morgan fingerprint density at radius 3 is 2.82 bits per heavy atom. The van der Waals surface area contributed by atoms with Crippen LogP contribution in [0.25, 0.3) is 0 Å². The lowest BCUT2D eigenvalue weighted by Crippen LogP contribution is -2.25. The van der Waals surface area contributed by atoms with E-state index >= 15 is 0 Å². The predicted octanol–water partition coefficient (Wildman–Crippen LogP) is 0.471. The van der Waals surface area contributed by atoms with Gasteiger partial charge in [-0.25, -0.2) is 13.1 Å². The lowest BCUT2D eigenvalue weighted by atomic mass is 10.2. The monoisotopic (exact) mass is 258 g/mol. The SMILES string of the molecule is Cn1cc(S(=O)(=O)NCCCC2CC2)c(N)n1. The Balaban J connectivity index is 1.90. The number of nitrogens with zero attached hydrogens (tertiary/aromatic N) is 2. The first-order valence-corrected chi connectivity index (χ1v) is 7.26. The number of anilines is 1. The van der Waals surface area contributed by atoms with E-state index in [9.17, 15) is 8.42 Å². The van der Waals surface area contributed by atoms with Crippen LogP contribution >= 0.6 is 0 Å². The maximum Gasteiger partial charge on any atom is 0.245 e. The van der Waals surface area contributed by atoms with Crippen molar-refractivity contribution in [3.63, 3.8) is 0 Å². The van der Waals surface area contributed by atoms with E-state index < -0.39 is 10.0 Å². The molecule has 17 heavy (non-hydrogen) atoms. The molecule has 3 N–H and O–H groups in total. The third kappa shape index (κ3) is 3.19. The normalized spacial score (nSPS) is 16.3. The molecule has 1 aromatic rings. The zero-order valence-electron chi connectivity index (χ0n) is 9.89. The molecule has 1 aromatic heterocycles. The Kier molecular flexibility index (Phi) is 3.39. The molecule has 0 aromatic carbocycles. The van der Waals surface area contributed by atoms with Gasteiger partial charge in [-0.1, -0.05) is 12.8 Å². The van der Waals surface area contributed by atoms with Crippen LogP contribution in [-0.2, 0) is 17.1 Å². The van der Waals surface area contributed by atoms with Gasteiger partial charge in [-0.05, 0) is 18.8 Å². The fourth-order valence-corrected chi connectivity index (χ4v) is 2.95. The van der Waals surface area contributed by atoms with Crippen molar-refractivity contribution >= 4 is 15.8 Å². The summed E-state index contributed by atoms with van der Waals surface area (Å²) >= 11 is 0. The molecule has 0 radical (unpaired) electrons. The molecule has 1 fully saturated rings. The molecule has 1 aliphatic carbocycles. The molecule has 96 valence electrons. The number of aromatic nitrogens is 2. The first-order valence-electron chi connectivity index (χ1n) is 5.78. The van der Waals surface area contributed by atoms with Crippen LogP contribution < -0.4 is 10.5 Å². The third-order valence-corrected chi connectivity index (χ3v) is 4.37. The number of nitrogens with one attached hydrogen (secondary N) is 1. The van der Waals surface area contributed by atoms with Crippen LogP contribution in [0.15, 0.2) is 11.1 Å². The van der Waals surface area contributed by atoms with E-state index in [0.29, 0.717) is 6.54 Å². The lowest BCUT2D eigenvalue weighted by Gasteiger charge is -2.04. The number of aryl methyl sites for hydroxylation is 1. The summed E-state index contributed by atoms with van der Waals surface area (Å²) in [5.74, 6) is 0.866. The molecule has 6 nitrogen and oxygen atoms in total. The van der Waals surface area contributed by atoms with E-state index in [-0.39, 0.29) is 10.7 Å². The smallest absolute Gasteiger partial charge is 0.245 e. The summed E-state index contributed by atoms with van der Waals surface area (Å²) in [5.41, 5.74) is 5.54. The molecule has 1 heterocycles. The van der Waals surface area contributed by atoms with Crippen LogP contribution in [0, 0.1) is 5.92 Å². The van der Waals surface area contributed by atoms with Crippen LogP contribution in [0.3, 0.4) is 0 Å². The first kappa shape index (κ1) is 12.4. The average molecular weight is 258 g/mol. The second-order valence-electron chi connectivity index (χ2n) is 4.54. The number of rotatable bonds is 6. The molecule has 0 amide bonds. The van der Waals surface area contributed by atoms with Gasteiger partial charge in [0, 0.05) is 19.8 Å². The number of hydrogen-bond donors (Lipinski definition) is 2. The van der Waals surface area contributed by atoms with Gasteiger partial charge in [-0.3, -0.25) is 4.68 Å². The molecule has 0 spiro atoms. The highest BCUT2D eigenvalue weighted by atomic mass is 32.2. The van der Waals surface area contributed by atoms with Crippen molar-refractivity contribution in [2.24, 2.45) is 13.0 Å². The average Bonchev–Trinajstić information content (AvgIpc) is 2.99. The molecular formula is C10H18N4O2S. The summed E-state index contributed by atoms with van der Waals surface area (Å²) in [4.78, 5) is 0.0615. The van der Waals surface area contributed by atoms with Crippen molar-refractivity contribution in [2.45, 2.75) is 30.6 Å². The second kappa shape index (κ2) is 4.66. The Bertz CT molecular complexity index is 490. The zero-order valence-corrected chi connectivity index (χ0v) is 10.7. The fourth-order valence-electron chi connectivity index (χ4n) is 1.77. The van der Waals surface area contributed by atoms with E-state index in [1.165, 1.54) is 23.7 Å². The molecule has 1 aliphatic rings. The summed E-state index contributed by atoms with van der Waals surface area (Å²) in [6.07, 6.45) is 5.98. The summed E-state index contributed by atoms with van der Waals surface area (Å²) in [6, 6.07) is 0. The maximum absolute atomic E-state index is 11.9. The highest BCUT2D eigenvalue weighted by Gasteiger charge is 2.22. The van der Waals surface area contributed by atoms with Crippen LogP contribution in [0.5, 0.6) is 0 Å². The van der Waals surface area contributed by atoms with Crippen molar-refractivity contribution in [1.29, 1.82) is 0 Å². The summed E-state index contributed by atoms with van der Waals surface area (Å²) in [5, 5.41) is 3.82. The van der Waals surface area contributed by atoms with Crippen LogP contribution in [0.4, 0.5) is 5.82 Å². The van der Waals surface area contributed by atoms with Gasteiger partial charge in [0.1, 0.15) is 4.90 Å². The Morgan fingerprint density at radius 2 is 2.29 bits per heavy atom. The highest BCUT2D eigenvalue weighted by molar-refractivity contribution is 7.89. The molecule has 0 aliphatic heterocycles. The minimum absolute atomic E-state index is 0.0437. The van der Waals surface area contributed by atoms with Crippen molar-refractivity contribution in [1.82, 2.24) is 14.5 Å². The van der Waals surface area contributed by atoms with Gasteiger partial charge in [0.05, 0.1) is 0 Å². The molecule has 0 atom stereocenters. The predicted molar refractivity (Wildman–Crippen MR) is 64.8 cm³/mol. The number of sulfonamides is 1. The van der Waals surface area contributed by atoms with Crippen LogP contribution in [0.1, 0.15) is 25.7 Å². The first-order chi connectivity index (χ1) is 7.99. The third-order valence-electron chi connectivity index (χ3n) is 2.89. The lowest BCUT2D eigenvalue weighted by molar-refractivity contribution is 0.573. The van der Waals surface area contributed by atoms with Crippen molar-refractivity contribution in [3.05, 3.63) is 6.20 Å². The summed E-state index contributed by atoms with van der Waals surface area (Å²) in [7, 11) is -1.86. The number of nitrogen functional groups attached to an aromatic ring is 1.